The molecule has 1 aliphatic heterocycles. The van der Waals surface area contributed by atoms with Crippen molar-refractivity contribution in [1.29, 1.82) is 0 Å². The predicted molar refractivity (Wildman–Crippen MR) is 68.6 cm³/mol. The van der Waals surface area contributed by atoms with E-state index in [1.54, 1.807) is 13.8 Å². The van der Waals surface area contributed by atoms with Gasteiger partial charge in [-0.1, -0.05) is 13.8 Å². The van der Waals surface area contributed by atoms with E-state index >= 15 is 0 Å². The standard InChI is InChI=1S/C12H23O5P/c1-5-15-18(14,16-6-2)10-7-8-11(13)17-12(10)9(3)4/h9-10,12H,5-8H2,1-4H3. The van der Waals surface area contributed by atoms with Gasteiger partial charge in [0.05, 0.1) is 18.9 Å². The van der Waals surface area contributed by atoms with Crippen molar-refractivity contribution in [3.05, 3.63) is 0 Å². The molecular formula is C12H23O5P. The van der Waals surface area contributed by atoms with E-state index < -0.39 is 13.7 Å². The Bertz CT molecular complexity index is 318. The van der Waals surface area contributed by atoms with Crippen molar-refractivity contribution in [3.63, 3.8) is 0 Å². The van der Waals surface area contributed by atoms with Gasteiger partial charge in [0.25, 0.3) is 0 Å². The fraction of sp³-hybridized carbons (Fsp3) is 0.917. The Morgan fingerprint density at radius 2 is 1.89 bits per heavy atom. The summed E-state index contributed by atoms with van der Waals surface area (Å²) in [5, 5.41) is 0. The minimum atomic E-state index is -3.21. The predicted octanol–water partition coefficient (Wildman–Crippen LogP) is 2.98. The van der Waals surface area contributed by atoms with Crippen LogP contribution in [0.3, 0.4) is 0 Å². The summed E-state index contributed by atoms with van der Waals surface area (Å²) >= 11 is 0. The summed E-state index contributed by atoms with van der Waals surface area (Å²) in [6, 6.07) is 0. The molecule has 106 valence electrons. The molecule has 2 unspecified atom stereocenters. The molecule has 0 amide bonds. The summed E-state index contributed by atoms with van der Waals surface area (Å²) < 4.78 is 28.8. The lowest BCUT2D eigenvalue weighted by molar-refractivity contribution is -0.156. The monoisotopic (exact) mass is 278 g/mol. The second kappa shape index (κ2) is 6.69. The number of esters is 1. The second-order valence-corrected chi connectivity index (χ2v) is 6.94. The Hall–Kier alpha value is -0.380. The summed E-state index contributed by atoms with van der Waals surface area (Å²) in [4.78, 5) is 11.4. The van der Waals surface area contributed by atoms with Crippen molar-refractivity contribution in [3.8, 4) is 0 Å². The van der Waals surface area contributed by atoms with Gasteiger partial charge in [0.1, 0.15) is 6.10 Å². The second-order valence-electron chi connectivity index (χ2n) is 4.68. The van der Waals surface area contributed by atoms with Crippen LogP contribution in [0.1, 0.15) is 40.5 Å². The Kier molecular flexibility index (Phi) is 5.83. The molecule has 0 aliphatic carbocycles. The summed E-state index contributed by atoms with van der Waals surface area (Å²) in [5.74, 6) is -0.141. The molecule has 1 aliphatic rings. The molecule has 0 radical (unpaired) electrons. The summed E-state index contributed by atoms with van der Waals surface area (Å²) in [7, 11) is -3.21. The van der Waals surface area contributed by atoms with Crippen molar-refractivity contribution >= 4 is 13.6 Å². The Labute approximate surface area is 109 Å². The van der Waals surface area contributed by atoms with Crippen molar-refractivity contribution in [2.75, 3.05) is 13.2 Å². The van der Waals surface area contributed by atoms with Crippen molar-refractivity contribution in [2.45, 2.75) is 52.3 Å². The van der Waals surface area contributed by atoms with Gasteiger partial charge in [-0.3, -0.25) is 9.36 Å². The number of ether oxygens (including phenoxy) is 1. The minimum Gasteiger partial charge on any atom is -0.461 e. The fourth-order valence-electron chi connectivity index (χ4n) is 2.23. The zero-order valence-electron chi connectivity index (χ0n) is 11.5. The van der Waals surface area contributed by atoms with E-state index in [1.165, 1.54) is 0 Å². The van der Waals surface area contributed by atoms with E-state index in [2.05, 4.69) is 0 Å². The zero-order valence-corrected chi connectivity index (χ0v) is 12.4. The molecule has 0 aromatic heterocycles. The van der Waals surface area contributed by atoms with E-state index in [0.29, 0.717) is 19.6 Å². The maximum absolute atomic E-state index is 12.8. The summed E-state index contributed by atoms with van der Waals surface area (Å²) in [6.45, 7) is 8.10. The molecule has 6 heteroatoms. The van der Waals surface area contributed by atoms with Crippen LogP contribution < -0.4 is 0 Å². The van der Waals surface area contributed by atoms with Gasteiger partial charge < -0.3 is 13.8 Å². The third-order valence-electron chi connectivity index (χ3n) is 2.97. The number of cyclic esters (lactones) is 1. The molecular weight excluding hydrogens is 255 g/mol. The highest BCUT2D eigenvalue weighted by Crippen LogP contribution is 2.57. The van der Waals surface area contributed by atoms with E-state index in [0.717, 1.165) is 0 Å². The van der Waals surface area contributed by atoms with Crippen LogP contribution in [-0.4, -0.2) is 30.9 Å². The summed E-state index contributed by atoms with van der Waals surface area (Å²) in [5.41, 5.74) is -0.352. The van der Waals surface area contributed by atoms with Gasteiger partial charge in [-0.05, 0) is 26.2 Å². The number of hydrogen-bond donors (Lipinski definition) is 0. The third kappa shape index (κ3) is 3.56. The first kappa shape index (κ1) is 15.7. The molecule has 1 saturated heterocycles. The first-order chi connectivity index (χ1) is 8.44. The molecule has 0 aromatic rings. The number of hydrogen-bond acceptors (Lipinski definition) is 5. The summed E-state index contributed by atoms with van der Waals surface area (Å²) in [6.07, 6.45) is 0.381. The molecule has 0 aromatic carbocycles. The van der Waals surface area contributed by atoms with Gasteiger partial charge in [0, 0.05) is 6.42 Å². The normalized spacial score (nSPS) is 25.3. The maximum Gasteiger partial charge on any atom is 0.337 e. The lowest BCUT2D eigenvalue weighted by Crippen LogP contribution is -2.40. The van der Waals surface area contributed by atoms with E-state index in [9.17, 15) is 9.36 Å². The molecule has 1 rings (SSSR count). The maximum atomic E-state index is 12.8. The van der Waals surface area contributed by atoms with Crippen LogP contribution in [0.15, 0.2) is 0 Å². The molecule has 2 atom stereocenters. The highest BCUT2D eigenvalue weighted by molar-refractivity contribution is 7.54. The average molecular weight is 278 g/mol. The van der Waals surface area contributed by atoms with Crippen LogP contribution in [0.2, 0.25) is 0 Å². The van der Waals surface area contributed by atoms with Crippen LogP contribution >= 0.6 is 7.60 Å². The molecule has 1 heterocycles. The third-order valence-corrected chi connectivity index (χ3v) is 5.57. The molecule has 0 saturated carbocycles. The molecule has 0 N–H and O–H groups in total. The lowest BCUT2D eigenvalue weighted by Gasteiger charge is -2.37. The SMILES string of the molecule is CCOP(=O)(OCC)C1CCC(=O)OC1C(C)C. The fourth-order valence-corrected chi connectivity index (χ4v) is 4.61. The van der Waals surface area contributed by atoms with Gasteiger partial charge in [-0.25, -0.2) is 0 Å². The Morgan fingerprint density at radius 3 is 2.33 bits per heavy atom. The van der Waals surface area contributed by atoms with Gasteiger partial charge >= 0.3 is 13.6 Å². The van der Waals surface area contributed by atoms with E-state index in [4.69, 9.17) is 13.8 Å². The van der Waals surface area contributed by atoms with Gasteiger partial charge in [0.15, 0.2) is 0 Å². The van der Waals surface area contributed by atoms with Crippen LogP contribution in [0.5, 0.6) is 0 Å². The van der Waals surface area contributed by atoms with Crippen LogP contribution in [0, 0.1) is 5.92 Å². The lowest BCUT2D eigenvalue weighted by atomic mass is 9.98. The van der Waals surface area contributed by atoms with Crippen LogP contribution in [0.4, 0.5) is 0 Å². The molecule has 5 nitrogen and oxygen atoms in total. The highest BCUT2D eigenvalue weighted by atomic mass is 31.2. The van der Waals surface area contributed by atoms with E-state index in [1.807, 2.05) is 13.8 Å². The average Bonchev–Trinajstić information content (AvgIpc) is 2.29. The Balaban J connectivity index is 2.93. The first-order valence-electron chi connectivity index (χ1n) is 6.52. The number of carbonyl (C=O) groups excluding carboxylic acids is 1. The number of carbonyl (C=O) groups is 1. The van der Waals surface area contributed by atoms with Crippen molar-refractivity contribution in [1.82, 2.24) is 0 Å². The smallest absolute Gasteiger partial charge is 0.337 e. The largest absolute Gasteiger partial charge is 0.461 e. The van der Waals surface area contributed by atoms with Gasteiger partial charge in [-0.15, -0.1) is 0 Å². The van der Waals surface area contributed by atoms with Gasteiger partial charge in [-0.2, -0.15) is 0 Å². The van der Waals surface area contributed by atoms with Crippen molar-refractivity contribution in [2.24, 2.45) is 5.92 Å². The molecule has 0 spiro atoms. The van der Waals surface area contributed by atoms with Crippen LogP contribution in [0.25, 0.3) is 0 Å². The molecule has 18 heavy (non-hydrogen) atoms. The minimum absolute atomic E-state index is 0.0912. The number of rotatable bonds is 6. The highest BCUT2D eigenvalue weighted by Gasteiger charge is 2.46. The van der Waals surface area contributed by atoms with Crippen LogP contribution in [-0.2, 0) is 23.1 Å². The van der Waals surface area contributed by atoms with E-state index in [-0.39, 0.29) is 24.0 Å². The zero-order chi connectivity index (χ0) is 13.8. The topological polar surface area (TPSA) is 61.8 Å². The molecule has 1 fully saturated rings. The quantitative estimate of drug-likeness (QED) is 0.552. The molecule has 0 bridgehead atoms. The van der Waals surface area contributed by atoms with Gasteiger partial charge in [0.2, 0.25) is 0 Å². The Morgan fingerprint density at radius 1 is 1.33 bits per heavy atom. The first-order valence-corrected chi connectivity index (χ1v) is 8.14. The van der Waals surface area contributed by atoms with Crippen molar-refractivity contribution < 1.29 is 23.1 Å².